The summed E-state index contributed by atoms with van der Waals surface area (Å²) in [4.78, 5) is 16.0. The van der Waals surface area contributed by atoms with E-state index in [0.717, 1.165) is 48.8 Å². The Morgan fingerprint density at radius 2 is 1.91 bits per heavy atom. The molecule has 0 radical (unpaired) electrons. The number of hydrogen-bond acceptors (Lipinski definition) is 7. The average molecular weight is 610 g/mol. The van der Waals surface area contributed by atoms with Crippen molar-refractivity contribution >= 4 is 22.7 Å². The summed E-state index contributed by atoms with van der Waals surface area (Å²) < 4.78 is 55.9. The first-order chi connectivity index (χ1) is 21.1. The second-order valence-electron chi connectivity index (χ2n) is 11.8. The summed E-state index contributed by atoms with van der Waals surface area (Å²) in [6, 6.07) is 14.8. The molecule has 11 heteroatoms. The van der Waals surface area contributed by atoms with Crippen LogP contribution >= 0.6 is 0 Å². The van der Waals surface area contributed by atoms with Gasteiger partial charge in [-0.3, -0.25) is 0 Å². The number of carbonyl (C=O) groups is 1. The van der Waals surface area contributed by atoms with E-state index in [1.54, 1.807) is 30.3 Å². The fraction of sp³-hybridized carbons (Fsp3) is 0.424. The van der Waals surface area contributed by atoms with Crippen molar-refractivity contribution in [1.29, 1.82) is 0 Å². The summed E-state index contributed by atoms with van der Waals surface area (Å²) >= 11 is 0. The molecule has 2 heterocycles. The molecule has 2 N–H and O–H groups in total. The lowest BCUT2D eigenvalue weighted by atomic mass is 9.75. The lowest BCUT2D eigenvalue weighted by Crippen LogP contribution is -2.43. The van der Waals surface area contributed by atoms with E-state index in [-0.39, 0.29) is 47.5 Å². The minimum Gasteiger partial charge on any atom is -0.478 e. The molecule has 4 unspecified atom stereocenters. The van der Waals surface area contributed by atoms with E-state index in [9.17, 15) is 23.1 Å². The first-order valence-electron chi connectivity index (χ1n) is 15.0. The molecule has 2 aromatic carbocycles. The lowest BCUT2D eigenvalue weighted by molar-refractivity contribution is -0.274. The van der Waals surface area contributed by atoms with E-state index >= 15 is 0 Å². The number of hydrogen-bond donors (Lipinski definition) is 2. The maximum Gasteiger partial charge on any atom is 0.573 e. The average Bonchev–Trinajstić information content (AvgIpc) is 3.75. The van der Waals surface area contributed by atoms with Crippen molar-refractivity contribution in [2.75, 3.05) is 5.32 Å². The molecular weight excluding hydrogens is 575 g/mol. The van der Waals surface area contributed by atoms with Gasteiger partial charge >= 0.3 is 12.3 Å². The second kappa shape index (κ2) is 12.1. The first-order valence-corrected chi connectivity index (χ1v) is 15.0. The van der Waals surface area contributed by atoms with E-state index in [2.05, 4.69) is 29.1 Å². The Hall–Kier alpha value is -4.12. The van der Waals surface area contributed by atoms with Crippen LogP contribution in [0.2, 0.25) is 0 Å². The second-order valence-corrected chi connectivity index (χ2v) is 11.8. The van der Waals surface area contributed by atoms with E-state index < -0.39 is 12.3 Å². The van der Waals surface area contributed by atoms with Crippen molar-refractivity contribution in [2.24, 2.45) is 11.8 Å². The third-order valence-corrected chi connectivity index (χ3v) is 8.69. The zero-order valence-electron chi connectivity index (χ0n) is 24.4. The Balaban J connectivity index is 1.17. The number of ether oxygens (including phenoxy) is 2. The number of halogens is 3. The standard InChI is InChI=1S/C33H34F3N3O5/c1-3-19-16-23(14-18(2)29(19)38-28-13-11-21-15-22(32(40)41)10-12-26(21)37-28)42-17-25-30(39-44-31(25)20-8-9-20)24-6-4-5-7-27(24)43-33(34,35)36/h4-7,10-13,15,18-20,23,29H,3,8-9,14,16-17H2,1-2H3,(H,37,38)(H,40,41). The van der Waals surface area contributed by atoms with Crippen LogP contribution in [0.25, 0.3) is 22.2 Å². The van der Waals surface area contributed by atoms with Gasteiger partial charge in [-0.25, -0.2) is 9.78 Å². The van der Waals surface area contributed by atoms with Crippen molar-refractivity contribution in [2.45, 2.75) is 77.0 Å². The maximum absolute atomic E-state index is 13.1. The third-order valence-electron chi connectivity index (χ3n) is 8.69. The molecule has 0 spiro atoms. The van der Waals surface area contributed by atoms with Crippen LogP contribution in [-0.2, 0) is 11.3 Å². The molecule has 2 fully saturated rings. The van der Waals surface area contributed by atoms with Crippen LogP contribution in [0.5, 0.6) is 5.75 Å². The Kier molecular flexibility index (Phi) is 8.24. The summed E-state index contributed by atoms with van der Waals surface area (Å²) in [5.74, 6) is 0.841. The highest BCUT2D eigenvalue weighted by Gasteiger charge is 2.38. The van der Waals surface area contributed by atoms with Gasteiger partial charge in [-0.2, -0.15) is 0 Å². The molecule has 2 aliphatic rings. The number of benzene rings is 2. The van der Waals surface area contributed by atoms with Gasteiger partial charge in [-0.15, -0.1) is 13.2 Å². The summed E-state index contributed by atoms with van der Waals surface area (Å²) in [6.07, 6.45) is -0.484. The highest BCUT2D eigenvalue weighted by Crippen LogP contribution is 2.46. The number of para-hydroxylation sites is 1. The summed E-state index contributed by atoms with van der Waals surface area (Å²) in [5.41, 5.74) is 2.15. The van der Waals surface area contributed by atoms with E-state index in [0.29, 0.717) is 22.9 Å². The van der Waals surface area contributed by atoms with Crippen molar-refractivity contribution in [1.82, 2.24) is 10.1 Å². The van der Waals surface area contributed by atoms with Crippen molar-refractivity contribution < 1.29 is 37.1 Å². The molecule has 8 nitrogen and oxygen atoms in total. The largest absolute Gasteiger partial charge is 0.573 e. The number of alkyl halides is 3. The van der Waals surface area contributed by atoms with E-state index in [4.69, 9.17) is 14.2 Å². The predicted molar refractivity (Wildman–Crippen MR) is 157 cm³/mol. The van der Waals surface area contributed by atoms with Gasteiger partial charge in [0, 0.05) is 28.5 Å². The fourth-order valence-corrected chi connectivity index (χ4v) is 6.35. The number of fused-ring (bicyclic) bond motifs is 1. The van der Waals surface area contributed by atoms with Crippen LogP contribution < -0.4 is 10.1 Å². The molecule has 232 valence electrons. The van der Waals surface area contributed by atoms with Gasteiger partial charge in [0.15, 0.2) is 0 Å². The van der Waals surface area contributed by atoms with E-state index in [1.807, 2.05) is 12.1 Å². The Morgan fingerprint density at radius 3 is 2.64 bits per heavy atom. The van der Waals surface area contributed by atoms with Gasteiger partial charge in [-0.1, -0.05) is 37.6 Å². The molecule has 2 aliphatic carbocycles. The Labute approximate surface area is 252 Å². The number of nitrogens with one attached hydrogen (secondary N) is 1. The zero-order chi connectivity index (χ0) is 31.0. The molecule has 0 aliphatic heterocycles. The molecular formula is C33H34F3N3O5. The van der Waals surface area contributed by atoms with E-state index in [1.165, 1.54) is 12.1 Å². The van der Waals surface area contributed by atoms with Gasteiger partial charge in [0.25, 0.3) is 0 Å². The van der Waals surface area contributed by atoms with Crippen molar-refractivity contribution in [3.8, 4) is 17.0 Å². The highest BCUT2D eigenvalue weighted by atomic mass is 19.4. The molecule has 4 atom stereocenters. The topological polar surface area (TPSA) is 107 Å². The lowest BCUT2D eigenvalue weighted by Gasteiger charge is -2.41. The summed E-state index contributed by atoms with van der Waals surface area (Å²) in [6.45, 7) is 4.51. The third kappa shape index (κ3) is 6.52. The van der Waals surface area contributed by atoms with Crippen LogP contribution in [-0.4, -0.2) is 39.7 Å². The summed E-state index contributed by atoms with van der Waals surface area (Å²) in [5, 5.41) is 17.9. The quantitative estimate of drug-likeness (QED) is 0.185. The van der Waals surface area contributed by atoms with Crippen LogP contribution in [0.1, 0.15) is 73.6 Å². The highest BCUT2D eigenvalue weighted by molar-refractivity contribution is 5.93. The molecule has 2 saturated carbocycles. The number of nitrogens with zero attached hydrogens (tertiary/aromatic N) is 2. The molecule has 0 bridgehead atoms. The maximum atomic E-state index is 13.1. The first kappa shape index (κ1) is 29.9. The molecule has 6 rings (SSSR count). The molecule has 44 heavy (non-hydrogen) atoms. The smallest absolute Gasteiger partial charge is 0.478 e. The fourth-order valence-electron chi connectivity index (χ4n) is 6.35. The van der Waals surface area contributed by atoms with Crippen LogP contribution in [0.15, 0.2) is 59.1 Å². The predicted octanol–water partition coefficient (Wildman–Crippen LogP) is 8.19. The minimum absolute atomic E-state index is 0.0523. The van der Waals surface area contributed by atoms with Gasteiger partial charge in [-0.05, 0) is 80.0 Å². The number of rotatable bonds is 10. The van der Waals surface area contributed by atoms with Crippen molar-refractivity contribution in [3.63, 3.8) is 0 Å². The van der Waals surface area contributed by atoms with Gasteiger partial charge < -0.3 is 24.4 Å². The molecule has 0 saturated heterocycles. The number of anilines is 1. The number of aromatic nitrogens is 2. The number of aromatic carboxylic acids is 1. The number of carboxylic acid groups (broad SMARTS) is 1. The van der Waals surface area contributed by atoms with Crippen LogP contribution in [0, 0.1) is 11.8 Å². The van der Waals surface area contributed by atoms with Crippen molar-refractivity contribution in [3.05, 3.63) is 71.5 Å². The molecule has 0 amide bonds. The Bertz CT molecular complexity index is 1650. The van der Waals surface area contributed by atoms with Crippen LogP contribution in [0.3, 0.4) is 0 Å². The zero-order valence-corrected chi connectivity index (χ0v) is 24.4. The normalized spacial score (nSPS) is 22.2. The monoisotopic (exact) mass is 609 g/mol. The van der Waals surface area contributed by atoms with Gasteiger partial charge in [0.1, 0.15) is 23.0 Å². The van der Waals surface area contributed by atoms with Gasteiger partial charge in [0.2, 0.25) is 0 Å². The molecule has 4 aromatic rings. The molecule has 2 aromatic heterocycles. The summed E-state index contributed by atoms with van der Waals surface area (Å²) in [7, 11) is 0. The Morgan fingerprint density at radius 1 is 1.11 bits per heavy atom. The number of pyridine rings is 1. The van der Waals surface area contributed by atoms with Crippen LogP contribution in [0.4, 0.5) is 19.0 Å². The number of carboxylic acids is 1. The SMILES string of the molecule is CCC1CC(OCc2c(-c3ccccc3OC(F)(F)F)noc2C2CC2)CC(C)C1Nc1ccc2cc(C(=O)O)ccc2n1. The minimum atomic E-state index is -4.83. The van der Waals surface area contributed by atoms with Gasteiger partial charge in [0.05, 0.1) is 23.8 Å².